The molecule has 0 aliphatic rings. The number of benzene rings is 2. The number of carboxylic acids is 1. The molecule has 0 aromatic heterocycles. The van der Waals surface area contributed by atoms with Crippen LogP contribution in [0.15, 0.2) is 54.6 Å². The zero-order chi connectivity index (χ0) is 16.9. The summed E-state index contributed by atoms with van der Waals surface area (Å²) >= 11 is 0. The molecule has 120 valence electrons. The summed E-state index contributed by atoms with van der Waals surface area (Å²) in [6, 6.07) is 16.4. The summed E-state index contributed by atoms with van der Waals surface area (Å²) in [6.07, 6.45) is 0.944. The van der Waals surface area contributed by atoms with Crippen molar-refractivity contribution in [2.75, 3.05) is 0 Å². The molecule has 2 aromatic rings. The minimum absolute atomic E-state index is 0.0267. The van der Waals surface area contributed by atoms with Gasteiger partial charge in [-0.05, 0) is 43.5 Å². The predicted molar refractivity (Wildman–Crippen MR) is 89.3 cm³/mol. The van der Waals surface area contributed by atoms with E-state index < -0.39 is 11.5 Å². The molecule has 0 radical (unpaired) electrons. The lowest BCUT2D eigenvalue weighted by Gasteiger charge is -2.27. The van der Waals surface area contributed by atoms with Gasteiger partial charge in [0, 0.05) is 6.42 Å². The number of carbonyl (C=O) groups is 2. The minimum atomic E-state index is -0.945. The Morgan fingerprint density at radius 3 is 2.17 bits per heavy atom. The minimum Gasteiger partial charge on any atom is -0.478 e. The van der Waals surface area contributed by atoms with E-state index in [2.05, 4.69) is 5.32 Å². The fourth-order valence-corrected chi connectivity index (χ4v) is 2.41. The van der Waals surface area contributed by atoms with Gasteiger partial charge in [-0.15, -0.1) is 0 Å². The topological polar surface area (TPSA) is 66.4 Å². The SMILES string of the molecule is CC(C)(NC(=O)CCc1ccc(C(=O)O)cc1)c1ccccc1. The monoisotopic (exact) mass is 311 g/mol. The zero-order valence-electron chi connectivity index (χ0n) is 13.4. The van der Waals surface area contributed by atoms with Gasteiger partial charge in [0.2, 0.25) is 5.91 Å². The number of aromatic carboxylic acids is 1. The molecule has 0 fully saturated rings. The lowest BCUT2D eigenvalue weighted by atomic mass is 9.94. The molecule has 0 saturated heterocycles. The number of amides is 1. The van der Waals surface area contributed by atoms with Gasteiger partial charge in [0.1, 0.15) is 0 Å². The molecule has 2 N–H and O–H groups in total. The Balaban J connectivity index is 1.91. The van der Waals surface area contributed by atoms with E-state index in [1.807, 2.05) is 44.2 Å². The first kappa shape index (κ1) is 16.7. The van der Waals surface area contributed by atoms with E-state index in [9.17, 15) is 9.59 Å². The van der Waals surface area contributed by atoms with Crippen LogP contribution < -0.4 is 5.32 Å². The second-order valence-corrected chi connectivity index (χ2v) is 6.04. The Morgan fingerprint density at radius 2 is 1.61 bits per heavy atom. The molecule has 0 atom stereocenters. The van der Waals surface area contributed by atoms with E-state index >= 15 is 0 Å². The van der Waals surface area contributed by atoms with Crippen molar-refractivity contribution in [1.29, 1.82) is 0 Å². The first-order valence-corrected chi connectivity index (χ1v) is 7.57. The number of carbonyl (C=O) groups excluding carboxylic acids is 1. The molecule has 1 amide bonds. The van der Waals surface area contributed by atoms with Crippen molar-refractivity contribution >= 4 is 11.9 Å². The molecule has 4 nitrogen and oxygen atoms in total. The summed E-state index contributed by atoms with van der Waals surface area (Å²) < 4.78 is 0. The first-order valence-electron chi connectivity index (χ1n) is 7.57. The number of carboxylic acid groups (broad SMARTS) is 1. The van der Waals surface area contributed by atoms with Gasteiger partial charge in [-0.3, -0.25) is 4.79 Å². The summed E-state index contributed by atoms with van der Waals surface area (Å²) in [4.78, 5) is 23.0. The summed E-state index contributed by atoms with van der Waals surface area (Å²) in [7, 11) is 0. The Hall–Kier alpha value is -2.62. The molecule has 23 heavy (non-hydrogen) atoms. The molecule has 2 aromatic carbocycles. The molecule has 0 saturated carbocycles. The van der Waals surface area contributed by atoms with E-state index in [0.29, 0.717) is 12.8 Å². The number of hydrogen-bond acceptors (Lipinski definition) is 2. The highest BCUT2D eigenvalue weighted by atomic mass is 16.4. The lowest BCUT2D eigenvalue weighted by Crippen LogP contribution is -2.41. The number of rotatable bonds is 6. The van der Waals surface area contributed by atoms with E-state index in [4.69, 9.17) is 5.11 Å². The smallest absolute Gasteiger partial charge is 0.335 e. The quantitative estimate of drug-likeness (QED) is 0.859. The normalized spacial score (nSPS) is 11.0. The first-order chi connectivity index (χ1) is 10.9. The van der Waals surface area contributed by atoms with Crippen molar-refractivity contribution in [3.05, 3.63) is 71.3 Å². The van der Waals surface area contributed by atoms with Crippen LogP contribution in [0, 0.1) is 0 Å². The van der Waals surface area contributed by atoms with Crippen LogP contribution in [0.3, 0.4) is 0 Å². The van der Waals surface area contributed by atoms with Gasteiger partial charge in [-0.25, -0.2) is 4.79 Å². The molecular weight excluding hydrogens is 290 g/mol. The highest BCUT2D eigenvalue weighted by Gasteiger charge is 2.22. The Bertz CT molecular complexity index is 676. The summed E-state index contributed by atoms with van der Waals surface area (Å²) in [5.74, 6) is -0.972. The summed E-state index contributed by atoms with van der Waals surface area (Å²) in [5.41, 5.74) is 1.83. The maximum absolute atomic E-state index is 12.2. The highest BCUT2D eigenvalue weighted by Crippen LogP contribution is 2.19. The molecule has 0 bridgehead atoms. The van der Waals surface area contributed by atoms with Crippen LogP contribution in [0.5, 0.6) is 0 Å². The molecular formula is C19H21NO3. The molecule has 0 spiro atoms. The average Bonchev–Trinajstić information content (AvgIpc) is 2.54. The second kappa shape index (κ2) is 7.09. The molecule has 2 rings (SSSR count). The summed E-state index contributed by atoms with van der Waals surface area (Å²) in [6.45, 7) is 3.95. The highest BCUT2D eigenvalue weighted by molar-refractivity contribution is 5.87. The second-order valence-electron chi connectivity index (χ2n) is 6.04. The maximum Gasteiger partial charge on any atom is 0.335 e. The van der Waals surface area contributed by atoms with Crippen molar-refractivity contribution in [2.45, 2.75) is 32.2 Å². The standard InChI is InChI=1S/C19H21NO3/c1-19(2,16-6-4-3-5-7-16)20-17(21)13-10-14-8-11-15(12-9-14)18(22)23/h3-9,11-12H,10,13H2,1-2H3,(H,20,21)(H,22,23). The van der Waals surface area contributed by atoms with Gasteiger partial charge in [-0.1, -0.05) is 42.5 Å². The van der Waals surface area contributed by atoms with Gasteiger partial charge in [0.25, 0.3) is 0 Å². The van der Waals surface area contributed by atoms with Crippen LogP contribution in [0.4, 0.5) is 0 Å². The Labute approximate surface area is 136 Å². The molecule has 0 aliphatic carbocycles. The number of nitrogens with one attached hydrogen (secondary N) is 1. The Morgan fingerprint density at radius 1 is 1.00 bits per heavy atom. The predicted octanol–water partition coefficient (Wildman–Crippen LogP) is 3.37. The van der Waals surface area contributed by atoms with Crippen molar-refractivity contribution < 1.29 is 14.7 Å². The van der Waals surface area contributed by atoms with Gasteiger partial charge < -0.3 is 10.4 Å². The fraction of sp³-hybridized carbons (Fsp3) is 0.263. The maximum atomic E-state index is 12.2. The van der Waals surface area contributed by atoms with Crippen molar-refractivity contribution in [2.24, 2.45) is 0 Å². The van der Waals surface area contributed by atoms with Crippen LogP contribution in [-0.2, 0) is 16.8 Å². The van der Waals surface area contributed by atoms with Crippen LogP contribution in [0.25, 0.3) is 0 Å². The molecule has 0 heterocycles. The third-order valence-corrected chi connectivity index (χ3v) is 3.79. The van der Waals surface area contributed by atoms with Gasteiger partial charge in [0.05, 0.1) is 11.1 Å². The van der Waals surface area contributed by atoms with Crippen LogP contribution in [0.2, 0.25) is 0 Å². The largest absolute Gasteiger partial charge is 0.478 e. The van der Waals surface area contributed by atoms with Gasteiger partial charge in [0.15, 0.2) is 0 Å². The number of hydrogen-bond donors (Lipinski definition) is 2. The third-order valence-electron chi connectivity index (χ3n) is 3.79. The molecule has 4 heteroatoms. The van der Waals surface area contributed by atoms with Crippen LogP contribution in [-0.4, -0.2) is 17.0 Å². The lowest BCUT2D eigenvalue weighted by molar-refractivity contribution is -0.122. The van der Waals surface area contributed by atoms with E-state index in [1.165, 1.54) is 0 Å². The zero-order valence-corrected chi connectivity index (χ0v) is 13.4. The molecule has 0 aliphatic heterocycles. The van der Waals surface area contributed by atoms with E-state index in [0.717, 1.165) is 11.1 Å². The number of aryl methyl sites for hydroxylation is 1. The molecule has 0 unspecified atom stereocenters. The van der Waals surface area contributed by atoms with Gasteiger partial charge in [-0.2, -0.15) is 0 Å². The third kappa shape index (κ3) is 4.68. The van der Waals surface area contributed by atoms with E-state index in [1.54, 1.807) is 24.3 Å². The fourth-order valence-electron chi connectivity index (χ4n) is 2.41. The summed E-state index contributed by atoms with van der Waals surface area (Å²) in [5, 5.41) is 11.9. The Kier molecular flexibility index (Phi) is 5.16. The van der Waals surface area contributed by atoms with Crippen LogP contribution >= 0.6 is 0 Å². The van der Waals surface area contributed by atoms with Crippen molar-refractivity contribution in [3.8, 4) is 0 Å². The van der Waals surface area contributed by atoms with E-state index in [-0.39, 0.29) is 11.5 Å². The van der Waals surface area contributed by atoms with Crippen molar-refractivity contribution in [1.82, 2.24) is 5.32 Å². The van der Waals surface area contributed by atoms with Crippen molar-refractivity contribution in [3.63, 3.8) is 0 Å². The van der Waals surface area contributed by atoms with Gasteiger partial charge >= 0.3 is 5.97 Å². The van der Waals surface area contributed by atoms with Crippen LogP contribution in [0.1, 0.15) is 41.8 Å². The average molecular weight is 311 g/mol.